The number of carbonyl (C=O) groups excluding carboxylic acids is 1. The fraction of sp³-hybridized carbons (Fsp3) is 0.733. The van der Waals surface area contributed by atoms with E-state index in [2.05, 4.69) is 22.4 Å². The number of aryl methyl sites for hydroxylation is 1. The van der Waals surface area contributed by atoms with Crippen LogP contribution in [-0.4, -0.2) is 72.6 Å². The topological polar surface area (TPSA) is 62.6 Å². The van der Waals surface area contributed by atoms with Crippen molar-refractivity contribution in [1.82, 2.24) is 24.9 Å². The Morgan fingerprint density at radius 1 is 1.55 bits per heavy atom. The van der Waals surface area contributed by atoms with Crippen molar-refractivity contribution in [1.29, 1.82) is 0 Å². The molecule has 0 spiro atoms. The number of hydrogen-bond acceptors (Lipinski definition) is 4. The monoisotopic (exact) mass is 309 g/mol. The summed E-state index contributed by atoms with van der Waals surface area (Å²) in [5.41, 5.74) is 1.02. The van der Waals surface area contributed by atoms with Gasteiger partial charge in [0.1, 0.15) is 0 Å². The summed E-state index contributed by atoms with van der Waals surface area (Å²) in [7, 11) is 5.64. The van der Waals surface area contributed by atoms with E-state index in [0.29, 0.717) is 25.6 Å². The molecule has 22 heavy (non-hydrogen) atoms. The van der Waals surface area contributed by atoms with E-state index in [9.17, 15) is 4.79 Å². The second-order valence-electron chi connectivity index (χ2n) is 6.04. The molecule has 1 N–H and O–H groups in total. The second-order valence-corrected chi connectivity index (χ2v) is 6.04. The molecule has 2 rings (SSSR count). The van der Waals surface area contributed by atoms with Crippen LogP contribution in [0.2, 0.25) is 0 Å². The lowest BCUT2D eigenvalue weighted by Gasteiger charge is -2.23. The molecular formula is C15H27N5O2. The van der Waals surface area contributed by atoms with Crippen molar-refractivity contribution >= 4 is 6.03 Å². The zero-order chi connectivity index (χ0) is 15.9. The van der Waals surface area contributed by atoms with Gasteiger partial charge in [-0.2, -0.15) is 5.10 Å². The number of likely N-dealkylation sites (tertiary alicyclic amines) is 1. The first kappa shape index (κ1) is 16.8. The molecule has 1 aliphatic heterocycles. The number of amides is 2. The minimum Gasteiger partial charge on any atom is -0.383 e. The maximum atomic E-state index is 12.4. The molecule has 1 aromatic heterocycles. The van der Waals surface area contributed by atoms with E-state index in [-0.39, 0.29) is 6.03 Å². The van der Waals surface area contributed by atoms with Crippen molar-refractivity contribution in [2.75, 3.05) is 46.9 Å². The Kier molecular flexibility index (Phi) is 6.21. The lowest BCUT2D eigenvalue weighted by Crippen LogP contribution is -2.43. The van der Waals surface area contributed by atoms with Crippen molar-refractivity contribution in [2.24, 2.45) is 13.0 Å². The van der Waals surface area contributed by atoms with Gasteiger partial charge in [0.05, 0.1) is 19.3 Å². The van der Waals surface area contributed by atoms with Crippen LogP contribution in [-0.2, 0) is 18.3 Å². The number of urea groups is 1. The Labute approximate surface area is 132 Å². The summed E-state index contributed by atoms with van der Waals surface area (Å²) in [6, 6.07) is -0.0320. The van der Waals surface area contributed by atoms with Crippen LogP contribution < -0.4 is 5.32 Å². The van der Waals surface area contributed by atoms with Crippen LogP contribution in [0.4, 0.5) is 4.79 Å². The Morgan fingerprint density at radius 2 is 2.36 bits per heavy atom. The fourth-order valence-electron chi connectivity index (χ4n) is 2.76. The van der Waals surface area contributed by atoms with Gasteiger partial charge < -0.3 is 19.9 Å². The summed E-state index contributed by atoms with van der Waals surface area (Å²) < 4.78 is 6.85. The molecule has 7 heteroatoms. The van der Waals surface area contributed by atoms with Crippen LogP contribution >= 0.6 is 0 Å². The van der Waals surface area contributed by atoms with E-state index in [0.717, 1.165) is 31.6 Å². The van der Waals surface area contributed by atoms with Crippen molar-refractivity contribution in [3.05, 3.63) is 18.0 Å². The molecule has 0 bridgehead atoms. The van der Waals surface area contributed by atoms with Gasteiger partial charge >= 0.3 is 6.03 Å². The third-order valence-electron chi connectivity index (χ3n) is 4.02. The molecule has 1 atom stereocenters. The maximum absolute atomic E-state index is 12.4. The summed E-state index contributed by atoms with van der Waals surface area (Å²) in [4.78, 5) is 16.5. The largest absolute Gasteiger partial charge is 0.383 e. The number of carbonyl (C=O) groups is 1. The second kappa shape index (κ2) is 8.14. The smallest absolute Gasteiger partial charge is 0.317 e. The van der Waals surface area contributed by atoms with E-state index in [4.69, 9.17) is 4.74 Å². The molecule has 7 nitrogen and oxygen atoms in total. The Bertz CT molecular complexity index is 476. The molecule has 1 aliphatic rings. The molecule has 0 radical (unpaired) electrons. The summed E-state index contributed by atoms with van der Waals surface area (Å²) >= 11 is 0. The molecule has 2 heterocycles. The zero-order valence-electron chi connectivity index (χ0n) is 13.8. The minimum atomic E-state index is -0.0320. The highest BCUT2D eigenvalue weighted by Gasteiger charge is 2.21. The van der Waals surface area contributed by atoms with E-state index < -0.39 is 0 Å². The van der Waals surface area contributed by atoms with Crippen molar-refractivity contribution in [2.45, 2.75) is 13.0 Å². The average Bonchev–Trinajstić information content (AvgIpc) is 3.09. The predicted octanol–water partition coefficient (Wildman–Crippen LogP) is 0.530. The number of hydrogen-bond donors (Lipinski definition) is 1. The highest BCUT2D eigenvalue weighted by molar-refractivity contribution is 5.74. The number of nitrogens with zero attached hydrogens (tertiary/aromatic N) is 4. The van der Waals surface area contributed by atoms with Crippen molar-refractivity contribution < 1.29 is 9.53 Å². The van der Waals surface area contributed by atoms with Gasteiger partial charge in [-0.05, 0) is 25.9 Å². The molecule has 0 aliphatic carbocycles. The van der Waals surface area contributed by atoms with Crippen LogP contribution in [0, 0.1) is 5.92 Å². The molecule has 0 saturated carbocycles. The van der Waals surface area contributed by atoms with E-state index in [1.54, 1.807) is 22.9 Å². The third-order valence-corrected chi connectivity index (χ3v) is 4.02. The quantitative estimate of drug-likeness (QED) is 0.798. The summed E-state index contributed by atoms with van der Waals surface area (Å²) in [6.07, 6.45) is 4.87. The SMILES string of the molecule is COCCN(Cc1cnn(C)c1)C(=O)NC[C@@H]1CCN(C)C1. The van der Waals surface area contributed by atoms with E-state index in [1.807, 2.05) is 13.2 Å². The molecule has 1 saturated heterocycles. The Balaban J connectivity index is 1.85. The molecule has 124 valence electrons. The van der Waals surface area contributed by atoms with Crippen LogP contribution in [0.1, 0.15) is 12.0 Å². The highest BCUT2D eigenvalue weighted by atomic mass is 16.5. The lowest BCUT2D eigenvalue weighted by atomic mass is 10.1. The lowest BCUT2D eigenvalue weighted by molar-refractivity contribution is 0.146. The van der Waals surface area contributed by atoms with Gasteiger partial charge in [0, 0.05) is 45.6 Å². The number of nitrogens with one attached hydrogen (secondary N) is 1. The molecular weight excluding hydrogens is 282 g/mol. The van der Waals surface area contributed by atoms with Gasteiger partial charge in [-0.25, -0.2) is 4.79 Å². The Hall–Kier alpha value is -1.60. The van der Waals surface area contributed by atoms with Crippen LogP contribution in [0.5, 0.6) is 0 Å². The third kappa shape index (κ3) is 4.99. The summed E-state index contributed by atoms with van der Waals surface area (Å²) in [6.45, 7) is 4.56. The first-order valence-corrected chi connectivity index (χ1v) is 7.76. The molecule has 2 amide bonds. The number of methoxy groups -OCH3 is 1. The highest BCUT2D eigenvalue weighted by Crippen LogP contribution is 2.13. The van der Waals surface area contributed by atoms with Crippen LogP contribution in [0.25, 0.3) is 0 Å². The summed E-state index contributed by atoms with van der Waals surface area (Å²) in [5.74, 6) is 0.552. The van der Waals surface area contributed by atoms with Gasteiger partial charge in [0.25, 0.3) is 0 Å². The van der Waals surface area contributed by atoms with Crippen LogP contribution in [0.3, 0.4) is 0 Å². The molecule has 0 unspecified atom stereocenters. The first-order valence-electron chi connectivity index (χ1n) is 7.76. The fourth-order valence-corrected chi connectivity index (χ4v) is 2.76. The molecule has 1 fully saturated rings. The van der Waals surface area contributed by atoms with Gasteiger partial charge in [-0.3, -0.25) is 4.68 Å². The zero-order valence-corrected chi connectivity index (χ0v) is 13.8. The average molecular weight is 309 g/mol. The predicted molar refractivity (Wildman–Crippen MR) is 84.5 cm³/mol. The normalized spacial score (nSPS) is 18.6. The van der Waals surface area contributed by atoms with Gasteiger partial charge in [0.15, 0.2) is 0 Å². The van der Waals surface area contributed by atoms with Crippen molar-refractivity contribution in [3.63, 3.8) is 0 Å². The van der Waals surface area contributed by atoms with Crippen molar-refractivity contribution in [3.8, 4) is 0 Å². The van der Waals surface area contributed by atoms with Gasteiger partial charge in [-0.1, -0.05) is 0 Å². The standard InChI is InChI=1S/C15H27N5O2/c1-18-5-4-13(10-18)8-16-15(21)20(6-7-22-3)12-14-9-17-19(2)11-14/h9,11,13H,4-8,10,12H2,1-3H3,(H,16,21)/t13-/m0/s1. The maximum Gasteiger partial charge on any atom is 0.317 e. The van der Waals surface area contributed by atoms with E-state index >= 15 is 0 Å². The Morgan fingerprint density at radius 3 is 2.95 bits per heavy atom. The minimum absolute atomic E-state index is 0.0320. The van der Waals surface area contributed by atoms with Gasteiger partial charge in [0.2, 0.25) is 0 Å². The van der Waals surface area contributed by atoms with Crippen LogP contribution in [0.15, 0.2) is 12.4 Å². The molecule has 0 aromatic carbocycles. The number of rotatable bonds is 7. The first-order chi connectivity index (χ1) is 10.6. The number of aromatic nitrogens is 2. The summed E-state index contributed by atoms with van der Waals surface area (Å²) in [5, 5.41) is 7.21. The van der Waals surface area contributed by atoms with E-state index in [1.165, 1.54) is 0 Å². The van der Waals surface area contributed by atoms with Gasteiger partial charge in [-0.15, -0.1) is 0 Å². The molecule has 1 aromatic rings. The number of ether oxygens (including phenoxy) is 1.